The topological polar surface area (TPSA) is 547 Å². The van der Waals surface area contributed by atoms with E-state index in [9.17, 15) is 91.4 Å². The lowest BCUT2D eigenvalue weighted by atomic mass is 10.1. The van der Waals surface area contributed by atoms with Gasteiger partial charge in [-0.15, -0.1) is 0 Å². The van der Waals surface area contributed by atoms with Crippen molar-refractivity contribution < 1.29 is 159 Å². The summed E-state index contributed by atoms with van der Waals surface area (Å²) in [6.07, 6.45) is -21.3. The molecule has 55 heteroatoms. The molecule has 150 heavy (non-hydrogen) atoms. The molecule has 0 aromatic carbocycles. The van der Waals surface area contributed by atoms with E-state index >= 15 is 0 Å². The average Bonchev–Trinajstić information content (AvgIpc) is 0.734. The molecule has 15 N–H and O–H groups in total. The van der Waals surface area contributed by atoms with E-state index < -0.39 is 354 Å². The number of hydrogen-bond acceptors (Lipinski definition) is 39. The van der Waals surface area contributed by atoms with Crippen LogP contribution in [-0.2, 0) is 30.9 Å². The van der Waals surface area contributed by atoms with Gasteiger partial charge < -0.3 is 78.4 Å². The van der Waals surface area contributed by atoms with E-state index in [2.05, 4.69) is 151 Å². The first-order chi connectivity index (χ1) is 90.0. The zero-order valence-electron chi connectivity index (χ0n) is 125. The average molecular weight is 2150 g/mol. The Morgan fingerprint density at radius 1 is 0.300 bits per heavy atom. The summed E-state index contributed by atoms with van der Waals surface area (Å²) in [6, 6.07) is 14.8. The number of hydrogen-bond donors (Lipinski definition) is 15. The maximum atomic E-state index is 13.4. The summed E-state index contributed by atoms with van der Waals surface area (Å²) in [7, 11) is 0. The van der Waals surface area contributed by atoms with Gasteiger partial charge in [-0.3, -0.25) is 19.9 Å². The molecular formula is C95H100F15N35O5. The van der Waals surface area contributed by atoms with Crippen molar-refractivity contribution in [1.82, 2.24) is 125 Å². The van der Waals surface area contributed by atoms with E-state index in [-0.39, 0.29) is 34.4 Å². The van der Waals surface area contributed by atoms with Crippen LogP contribution in [0.5, 0.6) is 0 Å². The van der Waals surface area contributed by atoms with Crippen molar-refractivity contribution >= 4 is 82.2 Å². The number of aromatic nitrogens is 25. The molecule has 0 amide bonds. The van der Waals surface area contributed by atoms with Crippen LogP contribution in [0.25, 0.3) is 57.6 Å². The van der Waals surface area contributed by atoms with Gasteiger partial charge in [-0.1, -0.05) is 30.3 Å². The SMILES string of the molecule is [2H]C([2H])([2H])C(O)(C([2H])([2H])[2H])C([2H])([2H])Nc1nc(Nc2ccnc(C)c2)nc(-c2cccc(C(F)(F)F)n2)n1.[2H]c1c(C)[nH]ccc1=Nc1nc(NC([2H])([2H])C(O)(C([2H])([2H])[2H])C([2H])([2H])[2H])nc(-c2cccc(C(F)(F)F)n2)n1.[2H]c1ccc(C(F)(F)F)nc1-c1nc(Nc2c([2H])c([2H])nc(C)c2[2H])nc(NC([2H])([2H])C(O)(C([2H])([2H])[2H])C([2H])([2H])[2H])n1.[2H]c1ccc(C(F)(F)F)nc1-c1nc(Nc2ccnc(C)c2)nc(NC([2H])([2H])C(O)(C([2H])([2H])[2H])C([2H])([2H])[2H])n1.[2H]c1nc(C)c([2H])c(Nc2nc(NC([2H])([2H])C(O)(C([2H])([2H])[2H])C([2H])([2H])[2H])nc(-c3cccc(C(F)(F)F)n3)n2)c1[2H]. The number of aryl methyl sites for hydroxylation is 5. The van der Waals surface area contributed by atoms with Crippen LogP contribution in [0.4, 0.5) is 148 Å². The van der Waals surface area contributed by atoms with Crippen molar-refractivity contribution in [3.63, 3.8) is 0 Å². The van der Waals surface area contributed by atoms with Crippen LogP contribution in [-0.4, -0.2) is 211 Å². The first kappa shape index (κ1) is 63.1. The maximum absolute atomic E-state index is 13.4. The number of alkyl halides is 15. The minimum Gasteiger partial charge on any atom is -0.389 e. The molecular weight excluding hydrogens is 2000 g/mol. The van der Waals surface area contributed by atoms with Gasteiger partial charge in [-0.05, 0) is 224 Å². The van der Waals surface area contributed by atoms with Gasteiger partial charge in [0.25, 0.3) is 5.95 Å². The third kappa shape index (κ3) is 37.7. The number of halogens is 15. The molecule has 15 heterocycles. The Kier molecular flexibility index (Phi) is 20.1. The Morgan fingerprint density at radius 2 is 0.580 bits per heavy atom. The summed E-state index contributed by atoms with van der Waals surface area (Å²) in [6.45, 7) is -49.0. The number of H-pyrrole nitrogens is 1. The minimum atomic E-state index is -4.98. The Balaban J connectivity index is 0.000000229. The summed E-state index contributed by atoms with van der Waals surface area (Å²) in [5.41, 5.74) is -28.5. The highest BCUT2D eigenvalue weighted by molar-refractivity contribution is 5.65. The molecule has 0 saturated carbocycles. The van der Waals surface area contributed by atoms with Crippen molar-refractivity contribution in [1.29, 1.82) is 0 Å². The molecule has 15 aromatic heterocycles. The van der Waals surface area contributed by atoms with E-state index in [1.165, 1.54) is 56.7 Å². The molecule has 0 aliphatic heterocycles. The van der Waals surface area contributed by atoms with Crippen molar-refractivity contribution in [2.75, 3.05) is 80.3 Å². The van der Waals surface area contributed by atoms with Crippen LogP contribution in [0, 0.1) is 34.6 Å². The van der Waals surface area contributed by atoms with E-state index in [1.807, 2.05) is 16.0 Å². The Hall–Kier alpha value is -16.7. The zero-order chi connectivity index (χ0) is 152. The van der Waals surface area contributed by atoms with Crippen molar-refractivity contribution in [2.45, 2.75) is 162 Å². The number of rotatable bonds is 29. The molecule has 0 fully saturated rings. The molecule has 15 rings (SSSR count). The maximum Gasteiger partial charge on any atom is 0.433 e. The van der Waals surface area contributed by atoms with Crippen LogP contribution in [0.1, 0.15) is 193 Å². The van der Waals surface area contributed by atoms with Gasteiger partial charge in [-0.2, -0.15) is 141 Å². The van der Waals surface area contributed by atoms with Crippen molar-refractivity contribution in [2.24, 2.45) is 4.99 Å². The molecule has 15 aromatic rings. The number of anilines is 13. The fraction of sp³-hybridized carbons (Fsp3) is 0.316. The van der Waals surface area contributed by atoms with Crippen LogP contribution in [0.15, 0.2) is 187 Å². The largest absolute Gasteiger partial charge is 0.433 e. The highest BCUT2D eigenvalue weighted by Crippen LogP contribution is 2.37. The predicted octanol–water partition coefficient (Wildman–Crippen LogP) is 17.3. The van der Waals surface area contributed by atoms with Crippen LogP contribution in [0.2, 0.25) is 0 Å². The standard InChI is InChI=1S/5C19H20F3N7O/c5*1-11-9-12(7-8-23-11)25-17-28-15(27-16(29-17)24-10-18(2,3)30)13-5-4-6-14(26-13)19(20,21)22/h5*4-9,30H,10H2,1-3H3,(H2,23,24,25,27,28,29)/i2D3,3D3,5D,7D,8D,9D,10D2;2D3,3D3,7D,8D,9D,10D2;2D3,3D3,9D,10D2;2D3,3D3,5D,10D2;2D3,3D3,10D2. The minimum absolute atomic E-state index is 0.00238. The monoisotopic (exact) mass is 2150 g/mol. The second-order valence-corrected chi connectivity index (χ2v) is 29.1. The van der Waals surface area contributed by atoms with E-state index in [0.717, 1.165) is 42.5 Å². The normalized spacial score (nSPS) is 18.2. The number of nitrogens with one attached hydrogen (secondary N) is 10. The summed E-state index contributed by atoms with van der Waals surface area (Å²) in [5.74, 6) is -10.7. The third-order valence-corrected chi connectivity index (χ3v) is 16.4. The van der Waals surface area contributed by atoms with Gasteiger partial charge in [-0.25, -0.2) is 29.9 Å². The smallest absolute Gasteiger partial charge is 0.389 e. The van der Waals surface area contributed by atoms with Crippen LogP contribution >= 0.6 is 0 Å². The Labute approximate surface area is 914 Å². The highest BCUT2D eigenvalue weighted by Gasteiger charge is 2.38. The number of nitrogens with zero attached hydrogens (tertiary/aromatic N) is 25. The lowest BCUT2D eigenvalue weighted by Gasteiger charge is -2.18. The van der Waals surface area contributed by atoms with Crippen LogP contribution in [0.3, 0.4) is 0 Å². The number of aliphatic hydroxyl groups is 5. The van der Waals surface area contributed by atoms with Gasteiger partial charge in [0.05, 0.1) is 59.4 Å². The van der Waals surface area contributed by atoms with Gasteiger partial charge in [0.15, 0.2) is 29.1 Å². The Bertz CT molecular complexity index is 9460. The molecule has 0 saturated heterocycles. The van der Waals surface area contributed by atoms with Gasteiger partial charge >= 0.3 is 30.9 Å². The fourth-order valence-corrected chi connectivity index (χ4v) is 10.5. The number of pyridine rings is 10. The summed E-state index contributed by atoms with van der Waals surface area (Å²) in [4.78, 5) is 96.7. The molecule has 0 unspecified atom stereocenters. The molecule has 0 spiro atoms. The van der Waals surface area contributed by atoms with Crippen molar-refractivity contribution in [3.05, 3.63) is 245 Å². The van der Waals surface area contributed by atoms with E-state index in [4.69, 9.17) is 67.2 Å². The van der Waals surface area contributed by atoms with Crippen LogP contribution < -0.4 is 53.2 Å². The first-order valence-electron chi connectivity index (χ1n) is 65.1. The zero-order valence-corrected chi connectivity index (χ0v) is 75.7. The fourth-order valence-electron chi connectivity index (χ4n) is 10.5. The third-order valence-electron chi connectivity index (χ3n) is 16.4. The number of aromatic amines is 1. The highest BCUT2D eigenvalue weighted by atomic mass is 19.4. The molecule has 0 radical (unpaired) electrons. The van der Waals surface area contributed by atoms with E-state index in [0.29, 0.717) is 64.9 Å². The lowest BCUT2D eigenvalue weighted by Crippen LogP contribution is -2.30. The quantitative estimate of drug-likeness (QED) is 0.0194. The molecule has 0 aliphatic rings. The second kappa shape index (κ2) is 47.9. The lowest BCUT2D eigenvalue weighted by molar-refractivity contribution is -0.141. The first-order valence-corrected chi connectivity index (χ1v) is 40.6. The Morgan fingerprint density at radius 3 is 0.887 bits per heavy atom. The molecule has 40 nitrogen and oxygen atoms in total. The van der Waals surface area contributed by atoms with Gasteiger partial charge in [0.2, 0.25) is 53.5 Å². The summed E-state index contributed by atoms with van der Waals surface area (Å²) >= 11 is 0. The van der Waals surface area contributed by atoms with Gasteiger partial charge in [0.1, 0.15) is 56.9 Å². The molecule has 790 valence electrons. The molecule has 0 atom stereocenters. The summed E-state index contributed by atoms with van der Waals surface area (Å²) in [5, 5.41) is 72.4. The molecule has 0 aliphatic carbocycles. The van der Waals surface area contributed by atoms with Gasteiger partial charge in [0, 0.05) is 156 Å². The van der Waals surface area contributed by atoms with E-state index in [1.54, 1.807) is 37.5 Å². The summed E-state index contributed by atoms with van der Waals surface area (Å²) < 4.78 is 577. The molecule has 0 bridgehead atoms. The predicted molar refractivity (Wildman–Crippen MR) is 524 cm³/mol. The second-order valence-electron chi connectivity index (χ2n) is 29.1. The van der Waals surface area contributed by atoms with Crippen molar-refractivity contribution in [3.8, 4) is 57.6 Å².